The molecule has 0 bridgehead atoms. The highest BCUT2D eigenvalue weighted by Crippen LogP contribution is 2.11. The first-order chi connectivity index (χ1) is 14.9. The van der Waals surface area contributed by atoms with Gasteiger partial charge in [0.15, 0.2) is 0 Å². The lowest BCUT2D eigenvalue weighted by Gasteiger charge is -2.22. The number of carboxylic acid groups (broad SMARTS) is 1. The van der Waals surface area contributed by atoms with E-state index in [1.54, 1.807) is 0 Å². The zero-order chi connectivity index (χ0) is 24.4. The van der Waals surface area contributed by atoms with Crippen LogP contribution in [0.1, 0.15) is 18.9 Å². The summed E-state index contributed by atoms with van der Waals surface area (Å²) in [6.07, 6.45) is -0.460. The van der Waals surface area contributed by atoms with Crippen LogP contribution in [-0.4, -0.2) is 69.7 Å². The minimum absolute atomic E-state index is 0.0132. The van der Waals surface area contributed by atoms with E-state index >= 15 is 0 Å². The molecular weight excluding hydrogens is 442 g/mol. The predicted octanol–water partition coefficient (Wildman–Crippen LogP) is -2.37. The number of benzene rings is 1. The summed E-state index contributed by atoms with van der Waals surface area (Å²) in [5, 5.41) is 25.7. The number of rotatable bonds is 12. The average Bonchev–Trinajstić information content (AvgIpc) is 2.71. The maximum Gasteiger partial charge on any atom is 0.326 e. The van der Waals surface area contributed by atoms with Gasteiger partial charge in [-0.2, -0.15) is 12.6 Å². The molecule has 0 radical (unpaired) electrons. The molecule has 32 heavy (non-hydrogen) atoms. The second kappa shape index (κ2) is 12.5. The second-order valence-electron chi connectivity index (χ2n) is 7.02. The molecule has 0 aliphatic rings. The highest BCUT2D eigenvalue weighted by atomic mass is 32.1. The molecular formula is C19H27N5O7S. The summed E-state index contributed by atoms with van der Waals surface area (Å²) in [6, 6.07) is 0.981. The van der Waals surface area contributed by atoms with E-state index in [4.69, 9.17) is 11.5 Å². The summed E-state index contributed by atoms with van der Waals surface area (Å²) in [7, 11) is 0. The van der Waals surface area contributed by atoms with Crippen LogP contribution in [-0.2, 0) is 30.4 Å². The van der Waals surface area contributed by atoms with Crippen molar-refractivity contribution in [2.45, 2.75) is 43.9 Å². The average molecular weight is 470 g/mol. The van der Waals surface area contributed by atoms with Crippen molar-refractivity contribution in [1.29, 1.82) is 0 Å². The number of aliphatic carboxylic acids is 1. The Balaban J connectivity index is 2.71. The van der Waals surface area contributed by atoms with Gasteiger partial charge in [0.1, 0.15) is 23.9 Å². The molecule has 0 spiro atoms. The predicted molar refractivity (Wildman–Crippen MR) is 117 cm³/mol. The molecule has 4 amide bonds. The number of nitrogens with two attached hydrogens (primary N) is 2. The molecule has 13 heteroatoms. The van der Waals surface area contributed by atoms with Gasteiger partial charge in [-0.15, -0.1) is 0 Å². The van der Waals surface area contributed by atoms with Crippen molar-refractivity contribution < 1.29 is 34.2 Å². The smallest absolute Gasteiger partial charge is 0.326 e. The molecule has 1 aromatic carbocycles. The number of carboxylic acids is 1. The maximum atomic E-state index is 12.5. The van der Waals surface area contributed by atoms with E-state index in [9.17, 15) is 34.2 Å². The Hall–Kier alpha value is -3.32. The van der Waals surface area contributed by atoms with Gasteiger partial charge in [0, 0.05) is 12.2 Å². The van der Waals surface area contributed by atoms with E-state index in [2.05, 4.69) is 28.6 Å². The molecule has 0 fully saturated rings. The van der Waals surface area contributed by atoms with E-state index in [1.165, 1.54) is 31.2 Å². The van der Waals surface area contributed by atoms with E-state index in [1.807, 2.05) is 0 Å². The first-order valence-corrected chi connectivity index (χ1v) is 10.1. The Bertz CT molecular complexity index is 849. The number of thiol groups is 1. The van der Waals surface area contributed by atoms with Crippen molar-refractivity contribution in [3.05, 3.63) is 29.8 Å². The molecule has 12 nitrogen and oxygen atoms in total. The molecule has 1 aromatic rings. The number of carbonyl (C=O) groups is 5. The number of amides is 4. The van der Waals surface area contributed by atoms with E-state index in [0.29, 0.717) is 5.56 Å². The normalized spacial score (nSPS) is 14.3. The number of phenolic OH excluding ortho intramolecular Hbond substituents is 1. The van der Waals surface area contributed by atoms with Crippen molar-refractivity contribution in [2.24, 2.45) is 11.5 Å². The van der Waals surface area contributed by atoms with Crippen molar-refractivity contribution in [3.63, 3.8) is 0 Å². The fraction of sp³-hybridized carbons (Fsp3) is 0.421. The van der Waals surface area contributed by atoms with Gasteiger partial charge >= 0.3 is 5.97 Å². The van der Waals surface area contributed by atoms with Gasteiger partial charge in [-0.1, -0.05) is 12.1 Å². The zero-order valence-corrected chi connectivity index (χ0v) is 18.2. The summed E-state index contributed by atoms with van der Waals surface area (Å²) in [6.45, 7) is 1.34. The lowest BCUT2D eigenvalue weighted by molar-refractivity contribution is -0.142. The monoisotopic (exact) mass is 469 g/mol. The number of hydrogen-bond acceptors (Lipinski definition) is 8. The van der Waals surface area contributed by atoms with Gasteiger partial charge < -0.3 is 37.6 Å². The number of aromatic hydroxyl groups is 1. The van der Waals surface area contributed by atoms with Crippen LogP contribution in [0.2, 0.25) is 0 Å². The van der Waals surface area contributed by atoms with Gasteiger partial charge in [-0.05, 0) is 24.6 Å². The lowest BCUT2D eigenvalue weighted by atomic mass is 10.1. The van der Waals surface area contributed by atoms with Gasteiger partial charge in [0.05, 0.1) is 12.5 Å². The maximum absolute atomic E-state index is 12.5. The van der Waals surface area contributed by atoms with Crippen LogP contribution in [0.15, 0.2) is 24.3 Å². The zero-order valence-electron chi connectivity index (χ0n) is 17.3. The van der Waals surface area contributed by atoms with Crippen LogP contribution >= 0.6 is 12.6 Å². The van der Waals surface area contributed by atoms with Crippen LogP contribution in [0.5, 0.6) is 5.75 Å². The van der Waals surface area contributed by atoms with E-state index in [-0.39, 0.29) is 17.9 Å². The molecule has 0 aliphatic carbocycles. The van der Waals surface area contributed by atoms with E-state index < -0.39 is 60.2 Å². The third-order valence-corrected chi connectivity index (χ3v) is 4.68. The van der Waals surface area contributed by atoms with Crippen molar-refractivity contribution in [2.75, 3.05) is 5.75 Å². The molecule has 0 aliphatic heterocycles. The first-order valence-electron chi connectivity index (χ1n) is 9.51. The lowest BCUT2D eigenvalue weighted by Crippen LogP contribution is -2.57. The fourth-order valence-corrected chi connectivity index (χ4v) is 2.78. The largest absolute Gasteiger partial charge is 0.508 e. The summed E-state index contributed by atoms with van der Waals surface area (Å²) >= 11 is 4.01. The van der Waals surface area contributed by atoms with Crippen LogP contribution in [0, 0.1) is 0 Å². The molecule has 0 saturated carbocycles. The second-order valence-corrected chi connectivity index (χ2v) is 7.39. The van der Waals surface area contributed by atoms with Crippen LogP contribution in [0.25, 0.3) is 0 Å². The Labute approximate surface area is 189 Å². The minimum atomic E-state index is -1.30. The number of carbonyl (C=O) groups excluding carboxylic acids is 4. The quantitative estimate of drug-likeness (QED) is 0.154. The Morgan fingerprint density at radius 3 is 2.03 bits per heavy atom. The van der Waals surface area contributed by atoms with E-state index in [0.717, 1.165) is 0 Å². The Morgan fingerprint density at radius 1 is 0.969 bits per heavy atom. The number of hydrogen-bond donors (Lipinski definition) is 8. The number of primary amides is 1. The fourth-order valence-electron chi connectivity index (χ4n) is 2.53. The molecule has 0 aromatic heterocycles. The van der Waals surface area contributed by atoms with Crippen LogP contribution in [0.3, 0.4) is 0 Å². The minimum Gasteiger partial charge on any atom is -0.508 e. The highest BCUT2D eigenvalue weighted by molar-refractivity contribution is 7.80. The van der Waals surface area contributed by atoms with Crippen LogP contribution in [0.4, 0.5) is 0 Å². The molecule has 9 N–H and O–H groups in total. The molecule has 1 rings (SSSR count). The Kier molecular flexibility index (Phi) is 10.4. The van der Waals surface area contributed by atoms with Gasteiger partial charge in [0.25, 0.3) is 0 Å². The summed E-state index contributed by atoms with van der Waals surface area (Å²) in [5.41, 5.74) is 11.0. The molecule has 0 heterocycles. The van der Waals surface area contributed by atoms with Gasteiger partial charge in [-0.3, -0.25) is 19.2 Å². The highest BCUT2D eigenvalue weighted by Gasteiger charge is 2.28. The Morgan fingerprint density at radius 2 is 1.53 bits per heavy atom. The van der Waals surface area contributed by atoms with Crippen molar-refractivity contribution in [3.8, 4) is 5.75 Å². The SMILES string of the molecule is CC(NC(=O)C(N)CC(N)=O)C(=O)NC(CS)C(=O)NC(Cc1ccc(O)cc1)C(=O)O. The summed E-state index contributed by atoms with van der Waals surface area (Å²) < 4.78 is 0. The molecule has 176 valence electrons. The van der Waals surface area contributed by atoms with Gasteiger partial charge in [-0.25, -0.2) is 4.79 Å². The van der Waals surface area contributed by atoms with Gasteiger partial charge in [0.2, 0.25) is 23.6 Å². The molecule has 4 atom stereocenters. The molecule has 0 saturated heterocycles. The third-order valence-electron chi connectivity index (χ3n) is 4.32. The summed E-state index contributed by atoms with van der Waals surface area (Å²) in [5.74, 6) is -4.52. The third kappa shape index (κ3) is 8.81. The van der Waals surface area contributed by atoms with Crippen molar-refractivity contribution >= 4 is 42.2 Å². The topological polar surface area (TPSA) is 214 Å². The first kappa shape index (κ1) is 26.7. The number of phenols is 1. The van der Waals surface area contributed by atoms with Crippen LogP contribution < -0.4 is 27.4 Å². The summed E-state index contributed by atoms with van der Waals surface area (Å²) in [4.78, 5) is 59.1. The van der Waals surface area contributed by atoms with Crippen molar-refractivity contribution in [1.82, 2.24) is 16.0 Å². The number of nitrogens with one attached hydrogen (secondary N) is 3. The standard InChI is InChI=1S/C19H27N5O7S/c1-9(22-17(28)12(20)7-15(21)26)16(27)24-14(8-32)18(29)23-13(19(30)31)6-10-2-4-11(25)5-3-10/h2-5,9,12-14,25,32H,6-8,20H2,1H3,(H2,21,26)(H,22,28)(H,23,29)(H,24,27)(H,30,31). The molecule has 4 unspecified atom stereocenters.